The molecule has 0 saturated carbocycles. The monoisotopic (exact) mass is 342 g/mol. The molecule has 0 aliphatic carbocycles. The predicted octanol–water partition coefficient (Wildman–Crippen LogP) is 3.89. The second-order valence-corrected chi connectivity index (χ2v) is 6.40. The number of nitrogens with zero attached hydrogens (tertiary/aromatic N) is 1. The normalized spacial score (nSPS) is 16.9. The Morgan fingerprint density at radius 3 is 2.71 bits per heavy atom. The van der Waals surface area contributed by atoms with Gasteiger partial charge in [0.1, 0.15) is 6.04 Å². The molecule has 0 aromatic heterocycles. The van der Waals surface area contributed by atoms with E-state index in [9.17, 15) is 9.59 Å². The molecule has 0 bridgehead atoms. The topological polar surface area (TPSA) is 49.4 Å². The van der Waals surface area contributed by atoms with Crippen LogP contribution in [0.25, 0.3) is 0 Å². The molecule has 124 valence electrons. The number of hydrogen-bond donors (Lipinski definition) is 1. The summed E-state index contributed by atoms with van der Waals surface area (Å²) in [6, 6.07) is 14.1. The van der Waals surface area contributed by atoms with E-state index < -0.39 is 6.04 Å². The fraction of sp³-hybridized carbons (Fsp3) is 0.263. The molecule has 4 nitrogen and oxygen atoms in total. The zero-order valence-electron chi connectivity index (χ0n) is 13.5. The zero-order chi connectivity index (χ0) is 17.1. The molecular weight excluding hydrogens is 324 g/mol. The smallest absolute Gasteiger partial charge is 0.256 e. The minimum absolute atomic E-state index is 0.154. The number of carbonyl (C=O) groups is 2. The lowest BCUT2D eigenvalue weighted by Crippen LogP contribution is -2.43. The van der Waals surface area contributed by atoms with E-state index in [1.165, 1.54) is 0 Å². The Balaban J connectivity index is 1.76. The third-order valence-electron chi connectivity index (χ3n) is 4.21. The number of carbonyl (C=O) groups excluding carboxylic acids is 2. The van der Waals surface area contributed by atoms with Crippen molar-refractivity contribution in [1.82, 2.24) is 4.90 Å². The fourth-order valence-corrected chi connectivity index (χ4v) is 3.24. The fourth-order valence-electron chi connectivity index (χ4n) is 3.02. The van der Waals surface area contributed by atoms with Crippen molar-refractivity contribution in [2.75, 3.05) is 11.9 Å². The number of hydrogen-bond acceptors (Lipinski definition) is 2. The van der Waals surface area contributed by atoms with Crippen LogP contribution >= 0.6 is 11.6 Å². The second-order valence-electron chi connectivity index (χ2n) is 6.00. The third kappa shape index (κ3) is 3.44. The average Bonchev–Trinajstić information content (AvgIpc) is 3.04. The first-order valence-corrected chi connectivity index (χ1v) is 8.37. The van der Waals surface area contributed by atoms with Gasteiger partial charge in [0.2, 0.25) is 5.91 Å². The summed E-state index contributed by atoms with van der Waals surface area (Å²) >= 11 is 6.12. The number of halogens is 1. The number of amides is 2. The van der Waals surface area contributed by atoms with Crippen LogP contribution in [-0.2, 0) is 4.79 Å². The van der Waals surface area contributed by atoms with E-state index in [1.54, 1.807) is 29.2 Å². The van der Waals surface area contributed by atoms with Gasteiger partial charge < -0.3 is 10.2 Å². The van der Waals surface area contributed by atoms with Gasteiger partial charge in [0.25, 0.3) is 5.91 Å². The Bertz CT molecular complexity index is 775. The molecule has 1 saturated heterocycles. The first-order chi connectivity index (χ1) is 11.6. The lowest BCUT2D eigenvalue weighted by molar-refractivity contribution is -0.119. The molecule has 5 heteroatoms. The molecule has 1 N–H and O–H groups in total. The highest BCUT2D eigenvalue weighted by Gasteiger charge is 2.35. The molecule has 2 aromatic rings. The minimum atomic E-state index is -0.464. The number of rotatable bonds is 3. The highest BCUT2D eigenvalue weighted by molar-refractivity contribution is 6.33. The van der Waals surface area contributed by atoms with Gasteiger partial charge in [-0.3, -0.25) is 9.59 Å². The number of anilines is 1. The van der Waals surface area contributed by atoms with Gasteiger partial charge in [0.15, 0.2) is 0 Å². The predicted molar refractivity (Wildman–Crippen MR) is 95.3 cm³/mol. The molecular formula is C19H19ClN2O2. The Morgan fingerprint density at radius 1 is 1.17 bits per heavy atom. The van der Waals surface area contributed by atoms with Crippen LogP contribution < -0.4 is 5.32 Å². The lowest BCUT2D eigenvalue weighted by atomic mass is 10.1. The maximum Gasteiger partial charge on any atom is 0.256 e. The zero-order valence-corrected chi connectivity index (χ0v) is 14.2. The maximum absolute atomic E-state index is 12.8. The van der Waals surface area contributed by atoms with E-state index in [4.69, 9.17) is 11.6 Å². The van der Waals surface area contributed by atoms with E-state index in [0.29, 0.717) is 23.6 Å². The van der Waals surface area contributed by atoms with E-state index in [1.807, 2.05) is 31.2 Å². The summed E-state index contributed by atoms with van der Waals surface area (Å²) in [7, 11) is 0. The summed E-state index contributed by atoms with van der Waals surface area (Å²) in [6.45, 7) is 2.54. The van der Waals surface area contributed by atoms with Crippen molar-refractivity contribution >= 4 is 29.1 Å². The standard InChI is InChI=1S/C19H19ClN2O2/c1-13-6-4-7-14(12-13)21-18(23)17-10-5-11-22(17)19(24)15-8-2-3-9-16(15)20/h2-4,6-9,12,17H,5,10-11H2,1H3,(H,21,23)/t17-/m1/s1. The Kier molecular flexibility index (Phi) is 4.86. The third-order valence-corrected chi connectivity index (χ3v) is 4.54. The van der Waals surface area contributed by atoms with Crippen molar-refractivity contribution in [3.63, 3.8) is 0 Å². The van der Waals surface area contributed by atoms with Crippen LogP contribution in [0.4, 0.5) is 5.69 Å². The summed E-state index contributed by atoms with van der Waals surface area (Å²) in [5.41, 5.74) is 2.26. The van der Waals surface area contributed by atoms with E-state index in [-0.39, 0.29) is 11.8 Å². The maximum atomic E-state index is 12.8. The van der Waals surface area contributed by atoms with Gasteiger partial charge in [-0.25, -0.2) is 0 Å². The van der Waals surface area contributed by atoms with Crippen molar-refractivity contribution in [3.8, 4) is 0 Å². The minimum Gasteiger partial charge on any atom is -0.327 e. The average molecular weight is 343 g/mol. The molecule has 0 spiro atoms. The van der Waals surface area contributed by atoms with E-state index in [2.05, 4.69) is 5.32 Å². The van der Waals surface area contributed by atoms with Gasteiger partial charge in [-0.15, -0.1) is 0 Å². The number of benzene rings is 2. The summed E-state index contributed by atoms with van der Waals surface area (Å²) < 4.78 is 0. The van der Waals surface area contributed by atoms with Crippen LogP contribution in [-0.4, -0.2) is 29.3 Å². The summed E-state index contributed by atoms with van der Waals surface area (Å²) in [5, 5.41) is 3.32. The molecule has 1 fully saturated rings. The van der Waals surface area contributed by atoms with Crippen molar-refractivity contribution in [1.29, 1.82) is 0 Å². The number of likely N-dealkylation sites (tertiary alicyclic amines) is 1. The van der Waals surface area contributed by atoms with Crippen LogP contribution in [0, 0.1) is 6.92 Å². The van der Waals surface area contributed by atoms with Crippen molar-refractivity contribution in [2.24, 2.45) is 0 Å². The molecule has 1 heterocycles. The summed E-state index contributed by atoms with van der Waals surface area (Å²) in [4.78, 5) is 27.0. The molecule has 0 unspecified atom stereocenters. The molecule has 24 heavy (non-hydrogen) atoms. The largest absolute Gasteiger partial charge is 0.327 e. The Labute approximate surface area is 146 Å². The first-order valence-electron chi connectivity index (χ1n) is 7.99. The molecule has 1 aliphatic rings. The first kappa shape index (κ1) is 16.5. The van der Waals surface area contributed by atoms with Gasteiger partial charge in [-0.05, 0) is 49.6 Å². The Morgan fingerprint density at radius 2 is 1.96 bits per heavy atom. The van der Waals surface area contributed by atoms with Gasteiger partial charge in [-0.2, -0.15) is 0 Å². The Hall–Kier alpha value is -2.33. The summed E-state index contributed by atoms with van der Waals surface area (Å²) in [6.07, 6.45) is 1.47. The lowest BCUT2D eigenvalue weighted by Gasteiger charge is -2.24. The van der Waals surface area contributed by atoms with Crippen molar-refractivity contribution in [2.45, 2.75) is 25.8 Å². The van der Waals surface area contributed by atoms with Crippen LogP contribution in [0.3, 0.4) is 0 Å². The van der Waals surface area contributed by atoms with Gasteiger partial charge >= 0.3 is 0 Å². The van der Waals surface area contributed by atoms with Crippen molar-refractivity contribution < 1.29 is 9.59 Å². The van der Waals surface area contributed by atoms with Crippen LogP contribution in [0.15, 0.2) is 48.5 Å². The summed E-state index contributed by atoms with van der Waals surface area (Å²) in [5.74, 6) is -0.346. The van der Waals surface area contributed by atoms with Gasteiger partial charge in [-0.1, -0.05) is 35.9 Å². The second kappa shape index (κ2) is 7.05. The number of aryl methyl sites for hydroxylation is 1. The van der Waals surface area contributed by atoms with Crippen LogP contribution in [0.1, 0.15) is 28.8 Å². The molecule has 1 aliphatic heterocycles. The van der Waals surface area contributed by atoms with E-state index in [0.717, 1.165) is 17.7 Å². The molecule has 1 atom stereocenters. The van der Waals surface area contributed by atoms with Crippen LogP contribution in [0.5, 0.6) is 0 Å². The van der Waals surface area contributed by atoms with Crippen molar-refractivity contribution in [3.05, 3.63) is 64.7 Å². The SMILES string of the molecule is Cc1cccc(NC(=O)[C@H]2CCCN2C(=O)c2ccccc2Cl)c1. The number of nitrogens with one attached hydrogen (secondary N) is 1. The molecule has 2 aromatic carbocycles. The molecule has 3 rings (SSSR count). The van der Waals surface area contributed by atoms with Gasteiger partial charge in [0, 0.05) is 12.2 Å². The quantitative estimate of drug-likeness (QED) is 0.919. The van der Waals surface area contributed by atoms with Gasteiger partial charge in [0.05, 0.1) is 10.6 Å². The highest BCUT2D eigenvalue weighted by Crippen LogP contribution is 2.25. The molecule has 2 amide bonds. The molecule has 0 radical (unpaired) electrons. The highest BCUT2D eigenvalue weighted by atomic mass is 35.5. The van der Waals surface area contributed by atoms with E-state index >= 15 is 0 Å². The van der Waals surface area contributed by atoms with Crippen LogP contribution in [0.2, 0.25) is 5.02 Å².